The normalized spacial score (nSPS) is 12.4. The number of anilines is 1. The summed E-state index contributed by atoms with van der Waals surface area (Å²) in [6, 6.07) is 8.69. The number of hydrogen-bond donors (Lipinski definition) is 1. The number of unbranched alkanes of at least 4 members (excludes halogenated alkanes) is 14. The fourth-order valence-corrected chi connectivity index (χ4v) is 4.30. The topological polar surface area (TPSA) is 26.0 Å². The van der Waals surface area contributed by atoms with Gasteiger partial charge in [0, 0.05) is 5.69 Å². The van der Waals surface area contributed by atoms with Crippen molar-refractivity contribution in [2.24, 2.45) is 0 Å². The van der Waals surface area contributed by atoms with E-state index in [0.29, 0.717) is 0 Å². The minimum absolute atomic E-state index is 0.737. The zero-order chi connectivity index (χ0) is 20.3. The molecule has 0 amide bonds. The molecule has 0 aliphatic heterocycles. The molecule has 0 saturated heterocycles. The highest BCUT2D eigenvalue weighted by atomic mass is 14.5. The quantitative estimate of drug-likeness (QED) is 0.186. The van der Waals surface area contributed by atoms with Gasteiger partial charge in [-0.1, -0.05) is 129 Å². The Balaban J connectivity index is 2.12. The molecule has 1 unspecified atom stereocenters. The van der Waals surface area contributed by atoms with Crippen molar-refractivity contribution in [2.45, 2.75) is 135 Å². The van der Waals surface area contributed by atoms with Crippen LogP contribution in [-0.4, -0.2) is 0 Å². The Labute approximate surface area is 176 Å². The van der Waals surface area contributed by atoms with Gasteiger partial charge >= 0.3 is 0 Å². The van der Waals surface area contributed by atoms with Crippen molar-refractivity contribution in [3.8, 4) is 0 Å². The van der Waals surface area contributed by atoms with Crippen molar-refractivity contribution in [1.82, 2.24) is 0 Å². The van der Waals surface area contributed by atoms with Crippen LogP contribution in [0.5, 0.6) is 0 Å². The van der Waals surface area contributed by atoms with E-state index >= 15 is 0 Å². The van der Waals surface area contributed by atoms with Crippen LogP contribution in [0, 0.1) is 0 Å². The Morgan fingerprint density at radius 2 is 0.893 bits per heavy atom. The second kappa shape index (κ2) is 18.1. The van der Waals surface area contributed by atoms with Crippen molar-refractivity contribution >= 4 is 5.69 Å². The Hall–Kier alpha value is -0.980. The average molecular weight is 388 g/mol. The van der Waals surface area contributed by atoms with Crippen LogP contribution in [0.2, 0.25) is 0 Å². The van der Waals surface area contributed by atoms with Gasteiger partial charge in [-0.2, -0.15) is 0 Å². The zero-order valence-corrected chi connectivity index (χ0v) is 19.2. The number of nitrogens with two attached hydrogens (primary N) is 1. The zero-order valence-electron chi connectivity index (χ0n) is 19.2. The molecule has 0 aromatic heterocycles. The standard InChI is InChI=1S/C27H49N/c1-3-5-7-9-10-11-12-13-14-15-16-18-20-25(19-17-8-6-4-2)26-21-23-27(28)24-22-26/h21-25H,3-20,28H2,1-2H3. The second-order valence-corrected chi connectivity index (χ2v) is 8.89. The van der Waals surface area contributed by atoms with E-state index in [1.54, 1.807) is 0 Å². The molecule has 0 saturated carbocycles. The molecule has 0 aliphatic carbocycles. The predicted octanol–water partition coefficient (Wildman–Crippen LogP) is 9.41. The van der Waals surface area contributed by atoms with Gasteiger partial charge in [0.1, 0.15) is 0 Å². The van der Waals surface area contributed by atoms with Crippen LogP contribution in [0.4, 0.5) is 5.69 Å². The summed E-state index contributed by atoms with van der Waals surface area (Å²) in [5, 5.41) is 0. The second-order valence-electron chi connectivity index (χ2n) is 8.89. The molecule has 0 radical (unpaired) electrons. The highest BCUT2D eigenvalue weighted by Crippen LogP contribution is 2.29. The lowest BCUT2D eigenvalue weighted by Crippen LogP contribution is -2.00. The van der Waals surface area contributed by atoms with Gasteiger partial charge in [-0.15, -0.1) is 0 Å². The van der Waals surface area contributed by atoms with Gasteiger partial charge in [-0.25, -0.2) is 0 Å². The van der Waals surface area contributed by atoms with Crippen LogP contribution in [0.25, 0.3) is 0 Å². The van der Waals surface area contributed by atoms with Gasteiger partial charge in [0.05, 0.1) is 0 Å². The molecule has 0 fully saturated rings. The molecule has 2 N–H and O–H groups in total. The predicted molar refractivity (Wildman–Crippen MR) is 128 cm³/mol. The van der Waals surface area contributed by atoms with Crippen LogP contribution in [0.15, 0.2) is 24.3 Å². The summed E-state index contributed by atoms with van der Waals surface area (Å²) in [5.74, 6) is 0.737. The maximum absolute atomic E-state index is 5.89. The first-order valence-corrected chi connectivity index (χ1v) is 12.6. The summed E-state index contributed by atoms with van der Waals surface area (Å²) in [6.45, 7) is 4.59. The Kier molecular flexibility index (Phi) is 16.2. The summed E-state index contributed by atoms with van der Waals surface area (Å²) < 4.78 is 0. The van der Waals surface area contributed by atoms with E-state index in [2.05, 4.69) is 38.1 Å². The maximum Gasteiger partial charge on any atom is 0.0314 e. The summed E-state index contributed by atoms with van der Waals surface area (Å²) in [5.41, 5.74) is 8.28. The van der Waals surface area contributed by atoms with Crippen molar-refractivity contribution in [3.05, 3.63) is 29.8 Å². The molecule has 0 aliphatic rings. The van der Waals surface area contributed by atoms with Gasteiger partial charge in [0.2, 0.25) is 0 Å². The van der Waals surface area contributed by atoms with Gasteiger partial charge in [-0.3, -0.25) is 0 Å². The molecule has 1 rings (SSSR count). The highest BCUT2D eigenvalue weighted by molar-refractivity contribution is 5.40. The Bertz CT molecular complexity index is 436. The number of hydrogen-bond acceptors (Lipinski definition) is 1. The minimum atomic E-state index is 0.737. The molecule has 1 atom stereocenters. The molecule has 0 heterocycles. The van der Waals surface area contributed by atoms with Crippen molar-refractivity contribution in [1.29, 1.82) is 0 Å². The maximum atomic E-state index is 5.89. The monoisotopic (exact) mass is 387 g/mol. The Morgan fingerprint density at radius 3 is 1.32 bits per heavy atom. The molecule has 0 bridgehead atoms. The molecule has 1 nitrogen and oxygen atoms in total. The van der Waals surface area contributed by atoms with Crippen LogP contribution < -0.4 is 5.73 Å². The van der Waals surface area contributed by atoms with E-state index in [4.69, 9.17) is 5.73 Å². The molecule has 1 aromatic rings. The van der Waals surface area contributed by atoms with Crippen molar-refractivity contribution in [2.75, 3.05) is 5.73 Å². The first-order chi connectivity index (χ1) is 13.8. The number of nitrogen functional groups attached to an aromatic ring is 1. The van der Waals surface area contributed by atoms with E-state index in [-0.39, 0.29) is 0 Å². The minimum Gasteiger partial charge on any atom is -0.399 e. The molecular formula is C27H49N. The molecular weight excluding hydrogens is 338 g/mol. The molecule has 1 heteroatoms. The van der Waals surface area contributed by atoms with Crippen LogP contribution >= 0.6 is 0 Å². The third kappa shape index (κ3) is 13.2. The van der Waals surface area contributed by atoms with E-state index in [1.165, 1.54) is 121 Å². The average Bonchev–Trinajstić information content (AvgIpc) is 2.71. The van der Waals surface area contributed by atoms with Crippen LogP contribution in [0.3, 0.4) is 0 Å². The molecule has 0 spiro atoms. The largest absolute Gasteiger partial charge is 0.399 e. The lowest BCUT2D eigenvalue weighted by Gasteiger charge is -2.18. The first kappa shape index (κ1) is 25.1. The van der Waals surface area contributed by atoms with Gasteiger partial charge in [0.25, 0.3) is 0 Å². The third-order valence-electron chi connectivity index (χ3n) is 6.22. The smallest absolute Gasteiger partial charge is 0.0314 e. The number of benzene rings is 1. The van der Waals surface area contributed by atoms with E-state index in [9.17, 15) is 0 Å². The highest BCUT2D eigenvalue weighted by Gasteiger charge is 2.11. The number of rotatable bonds is 19. The van der Waals surface area contributed by atoms with Gasteiger partial charge < -0.3 is 5.73 Å². The van der Waals surface area contributed by atoms with E-state index in [0.717, 1.165) is 11.6 Å². The summed E-state index contributed by atoms with van der Waals surface area (Å²) in [6.07, 6.45) is 25.4. The van der Waals surface area contributed by atoms with Crippen LogP contribution in [0.1, 0.15) is 141 Å². The van der Waals surface area contributed by atoms with Crippen molar-refractivity contribution in [3.63, 3.8) is 0 Å². The fourth-order valence-electron chi connectivity index (χ4n) is 4.30. The van der Waals surface area contributed by atoms with E-state index < -0.39 is 0 Å². The molecule has 162 valence electrons. The summed E-state index contributed by atoms with van der Waals surface area (Å²) in [7, 11) is 0. The Morgan fingerprint density at radius 1 is 0.536 bits per heavy atom. The molecule has 1 aromatic carbocycles. The third-order valence-corrected chi connectivity index (χ3v) is 6.22. The van der Waals surface area contributed by atoms with Crippen molar-refractivity contribution < 1.29 is 0 Å². The molecule has 28 heavy (non-hydrogen) atoms. The van der Waals surface area contributed by atoms with Gasteiger partial charge in [-0.05, 0) is 36.5 Å². The van der Waals surface area contributed by atoms with Crippen LogP contribution in [-0.2, 0) is 0 Å². The fraction of sp³-hybridized carbons (Fsp3) is 0.778. The first-order valence-electron chi connectivity index (χ1n) is 12.6. The SMILES string of the molecule is CCCCCCCCCCCCCCC(CCCCCC)c1ccc(N)cc1. The van der Waals surface area contributed by atoms with E-state index in [1.807, 2.05) is 0 Å². The summed E-state index contributed by atoms with van der Waals surface area (Å²) >= 11 is 0. The van der Waals surface area contributed by atoms with Gasteiger partial charge in [0.15, 0.2) is 0 Å². The lowest BCUT2D eigenvalue weighted by atomic mass is 9.88. The lowest BCUT2D eigenvalue weighted by molar-refractivity contribution is 0.487. The summed E-state index contributed by atoms with van der Waals surface area (Å²) in [4.78, 5) is 0.